The highest BCUT2D eigenvalue weighted by molar-refractivity contribution is 5.78. The van der Waals surface area contributed by atoms with Gasteiger partial charge in [-0.1, -0.05) is 36.4 Å². The Morgan fingerprint density at radius 1 is 0.897 bits per heavy atom. The number of nitrogens with zero attached hydrogens (tertiary/aromatic N) is 4. The first-order valence-corrected chi connectivity index (χ1v) is 13.8. The lowest BCUT2D eigenvalue weighted by Crippen LogP contribution is -2.50. The number of carbonyl (C=O) groups is 1. The minimum Gasteiger partial charge on any atom is -0.372 e. The lowest BCUT2D eigenvalue weighted by molar-refractivity contribution is -0.132. The molecule has 6 nitrogen and oxygen atoms in total. The van der Waals surface area contributed by atoms with Crippen molar-refractivity contribution in [1.29, 1.82) is 5.26 Å². The average molecular weight is 527 g/mol. The largest absolute Gasteiger partial charge is 0.372 e. The Balaban J connectivity index is 1.23. The van der Waals surface area contributed by atoms with Crippen LogP contribution in [0.25, 0.3) is 0 Å². The van der Waals surface area contributed by atoms with Crippen LogP contribution < -0.4 is 4.90 Å². The second kappa shape index (κ2) is 12.9. The molecule has 0 radical (unpaired) electrons. The Labute approximate surface area is 230 Å². The van der Waals surface area contributed by atoms with Crippen molar-refractivity contribution in [2.45, 2.75) is 32.0 Å². The molecule has 7 heteroatoms. The number of nitriles is 1. The SMILES string of the molecule is N#Cc1ccc(COC(CN2CCN(C(=O)Cc3ccc(F)cc3)CC2)c2cccc(N3CCCC3)c2)cc1. The fourth-order valence-electron chi connectivity index (χ4n) is 5.33. The predicted molar refractivity (Wildman–Crippen MR) is 150 cm³/mol. The van der Waals surface area contributed by atoms with Crippen LogP contribution in [0.15, 0.2) is 72.8 Å². The summed E-state index contributed by atoms with van der Waals surface area (Å²) in [6.45, 7) is 6.25. The number of halogens is 1. The number of ether oxygens (including phenoxy) is 1. The van der Waals surface area contributed by atoms with Crippen LogP contribution in [0.2, 0.25) is 0 Å². The highest BCUT2D eigenvalue weighted by Crippen LogP contribution is 2.27. The van der Waals surface area contributed by atoms with Crippen molar-refractivity contribution in [2.75, 3.05) is 50.7 Å². The molecule has 39 heavy (non-hydrogen) atoms. The first kappa shape index (κ1) is 26.9. The Bertz CT molecular complexity index is 1270. The summed E-state index contributed by atoms with van der Waals surface area (Å²) in [6, 6.07) is 24.6. The molecule has 0 bridgehead atoms. The van der Waals surface area contributed by atoms with Gasteiger partial charge in [0.25, 0.3) is 0 Å². The van der Waals surface area contributed by atoms with Crippen LogP contribution in [0.1, 0.15) is 41.2 Å². The Morgan fingerprint density at radius 3 is 2.28 bits per heavy atom. The zero-order chi connectivity index (χ0) is 27.0. The van der Waals surface area contributed by atoms with E-state index in [1.54, 1.807) is 12.1 Å². The van der Waals surface area contributed by atoms with E-state index in [2.05, 4.69) is 40.1 Å². The molecule has 0 saturated carbocycles. The van der Waals surface area contributed by atoms with Gasteiger partial charge < -0.3 is 14.5 Å². The molecule has 1 unspecified atom stereocenters. The van der Waals surface area contributed by atoms with Gasteiger partial charge in [0.15, 0.2) is 0 Å². The number of hydrogen-bond acceptors (Lipinski definition) is 5. The van der Waals surface area contributed by atoms with Crippen LogP contribution in [0.3, 0.4) is 0 Å². The van der Waals surface area contributed by atoms with Gasteiger partial charge in [0, 0.05) is 51.5 Å². The van der Waals surface area contributed by atoms with E-state index in [-0.39, 0.29) is 17.8 Å². The molecule has 2 aliphatic rings. The third-order valence-electron chi connectivity index (χ3n) is 7.67. The van der Waals surface area contributed by atoms with E-state index in [0.29, 0.717) is 31.7 Å². The molecule has 1 amide bonds. The van der Waals surface area contributed by atoms with Crippen molar-refractivity contribution in [3.8, 4) is 6.07 Å². The molecule has 0 spiro atoms. The summed E-state index contributed by atoms with van der Waals surface area (Å²) in [5.41, 5.74) is 4.90. The highest BCUT2D eigenvalue weighted by atomic mass is 19.1. The van der Waals surface area contributed by atoms with Gasteiger partial charge in [-0.2, -0.15) is 5.26 Å². The zero-order valence-corrected chi connectivity index (χ0v) is 22.3. The van der Waals surface area contributed by atoms with E-state index in [0.717, 1.165) is 49.4 Å². The molecule has 0 N–H and O–H groups in total. The van der Waals surface area contributed by atoms with E-state index < -0.39 is 0 Å². The van der Waals surface area contributed by atoms with Crippen LogP contribution in [-0.4, -0.2) is 61.5 Å². The van der Waals surface area contributed by atoms with Gasteiger partial charge in [-0.25, -0.2) is 4.39 Å². The molecule has 2 fully saturated rings. The van der Waals surface area contributed by atoms with Gasteiger partial charge in [-0.05, 0) is 65.9 Å². The molecular weight excluding hydrogens is 491 g/mol. The maximum Gasteiger partial charge on any atom is 0.227 e. The van der Waals surface area contributed by atoms with Crippen LogP contribution >= 0.6 is 0 Å². The average Bonchev–Trinajstić information content (AvgIpc) is 3.52. The quantitative estimate of drug-likeness (QED) is 0.395. The van der Waals surface area contributed by atoms with Crippen molar-refractivity contribution >= 4 is 11.6 Å². The third kappa shape index (κ3) is 7.23. The van der Waals surface area contributed by atoms with Crippen molar-refractivity contribution in [1.82, 2.24) is 9.80 Å². The van der Waals surface area contributed by atoms with Crippen LogP contribution in [0.4, 0.5) is 10.1 Å². The van der Waals surface area contributed by atoms with Crippen molar-refractivity contribution < 1.29 is 13.9 Å². The number of hydrogen-bond donors (Lipinski definition) is 0. The van der Waals surface area contributed by atoms with Crippen molar-refractivity contribution in [2.24, 2.45) is 0 Å². The summed E-state index contributed by atoms with van der Waals surface area (Å²) >= 11 is 0. The summed E-state index contributed by atoms with van der Waals surface area (Å²) in [5.74, 6) is -0.213. The fraction of sp³-hybridized carbons (Fsp3) is 0.375. The monoisotopic (exact) mass is 526 g/mol. The Kier molecular flexibility index (Phi) is 8.87. The Morgan fingerprint density at radius 2 is 1.59 bits per heavy atom. The summed E-state index contributed by atoms with van der Waals surface area (Å²) in [5, 5.41) is 9.10. The summed E-state index contributed by atoms with van der Waals surface area (Å²) in [7, 11) is 0. The molecule has 3 aromatic rings. The van der Waals surface area contributed by atoms with Gasteiger partial charge in [0.2, 0.25) is 5.91 Å². The molecule has 3 aromatic carbocycles. The van der Waals surface area contributed by atoms with Crippen LogP contribution in [-0.2, 0) is 22.6 Å². The van der Waals surface area contributed by atoms with Crippen molar-refractivity contribution in [3.63, 3.8) is 0 Å². The topological polar surface area (TPSA) is 59.8 Å². The number of anilines is 1. The van der Waals surface area contributed by atoms with Crippen LogP contribution in [0, 0.1) is 17.1 Å². The van der Waals surface area contributed by atoms with Gasteiger partial charge in [0.05, 0.1) is 30.8 Å². The van der Waals surface area contributed by atoms with Gasteiger partial charge in [0.1, 0.15) is 5.82 Å². The maximum atomic E-state index is 13.2. The number of benzene rings is 3. The van der Waals surface area contributed by atoms with Crippen molar-refractivity contribution in [3.05, 3.63) is 101 Å². The first-order valence-electron chi connectivity index (χ1n) is 13.8. The summed E-state index contributed by atoms with van der Waals surface area (Å²) < 4.78 is 19.7. The molecule has 2 aliphatic heterocycles. The standard InChI is InChI=1S/C32H35FN4O2/c33-29-12-10-25(11-13-29)20-32(38)37-18-16-35(17-19-37)23-31(39-24-27-8-6-26(22-34)7-9-27)28-4-3-5-30(21-28)36-14-1-2-15-36/h3-13,21,31H,1-2,14-20,23-24H2. The smallest absolute Gasteiger partial charge is 0.227 e. The fourth-order valence-corrected chi connectivity index (χ4v) is 5.33. The lowest BCUT2D eigenvalue weighted by Gasteiger charge is -2.36. The predicted octanol–water partition coefficient (Wildman–Crippen LogP) is 4.94. The van der Waals surface area contributed by atoms with Gasteiger partial charge in [-0.3, -0.25) is 9.69 Å². The number of amides is 1. The minimum absolute atomic E-state index is 0.0770. The maximum absolute atomic E-state index is 13.2. The Hall–Kier alpha value is -3.73. The zero-order valence-electron chi connectivity index (χ0n) is 22.3. The summed E-state index contributed by atoms with van der Waals surface area (Å²) in [4.78, 5) is 19.5. The highest BCUT2D eigenvalue weighted by Gasteiger charge is 2.25. The molecule has 0 aromatic heterocycles. The minimum atomic E-state index is -0.290. The molecule has 1 atom stereocenters. The van der Waals surface area contributed by atoms with Gasteiger partial charge in [-0.15, -0.1) is 0 Å². The van der Waals surface area contributed by atoms with E-state index in [1.807, 2.05) is 29.2 Å². The molecule has 2 saturated heterocycles. The van der Waals surface area contributed by atoms with E-state index >= 15 is 0 Å². The van der Waals surface area contributed by atoms with Gasteiger partial charge >= 0.3 is 0 Å². The molecule has 5 rings (SSSR count). The second-order valence-electron chi connectivity index (χ2n) is 10.4. The number of rotatable bonds is 9. The molecule has 2 heterocycles. The summed E-state index contributed by atoms with van der Waals surface area (Å²) in [6.07, 6.45) is 2.63. The number of piperazine rings is 1. The van der Waals surface area contributed by atoms with E-state index in [9.17, 15) is 9.18 Å². The normalized spacial score (nSPS) is 16.7. The van der Waals surface area contributed by atoms with E-state index in [4.69, 9.17) is 10.00 Å². The van der Waals surface area contributed by atoms with Crippen LogP contribution in [0.5, 0.6) is 0 Å². The van der Waals surface area contributed by atoms with E-state index in [1.165, 1.54) is 30.7 Å². The second-order valence-corrected chi connectivity index (χ2v) is 10.4. The third-order valence-corrected chi connectivity index (χ3v) is 7.67. The molecule has 0 aliphatic carbocycles. The molecule has 202 valence electrons. The lowest BCUT2D eigenvalue weighted by atomic mass is 10.1. The molecular formula is C32H35FN4O2. The number of carbonyl (C=O) groups excluding carboxylic acids is 1. The first-order chi connectivity index (χ1) is 19.1.